The molecule has 0 saturated heterocycles. The smallest absolute Gasteiger partial charge is 0.300 e. The van der Waals surface area contributed by atoms with Gasteiger partial charge in [-0.15, -0.1) is 0 Å². The molecule has 0 aliphatic carbocycles. The van der Waals surface area contributed by atoms with E-state index >= 15 is 0 Å². The number of hydrogen-bond acceptors (Lipinski definition) is 3. The minimum Gasteiger partial charge on any atom is -0.497 e. The average molecular weight is 253 g/mol. The van der Waals surface area contributed by atoms with Crippen molar-refractivity contribution in [2.24, 2.45) is 0 Å². The first-order chi connectivity index (χ1) is 8.53. The van der Waals surface area contributed by atoms with Crippen LogP contribution in [0.15, 0.2) is 24.3 Å². The van der Waals surface area contributed by atoms with Gasteiger partial charge < -0.3 is 9.84 Å². The molecule has 0 aliphatic heterocycles. The van der Waals surface area contributed by atoms with Crippen LogP contribution in [0.1, 0.15) is 26.3 Å². The molecule has 18 heavy (non-hydrogen) atoms. The summed E-state index contributed by atoms with van der Waals surface area (Å²) in [4.78, 5) is 11.4. The maximum absolute atomic E-state index is 9.00. The van der Waals surface area contributed by atoms with Gasteiger partial charge in [-0.25, -0.2) is 0 Å². The van der Waals surface area contributed by atoms with Gasteiger partial charge in [-0.05, 0) is 30.8 Å². The van der Waals surface area contributed by atoms with Gasteiger partial charge in [0.2, 0.25) is 0 Å². The number of ether oxygens (including phenoxy) is 1. The van der Waals surface area contributed by atoms with Crippen molar-refractivity contribution in [3.8, 4) is 5.75 Å². The second kappa shape index (κ2) is 9.48. The third kappa shape index (κ3) is 7.68. The molecule has 102 valence electrons. The molecule has 1 rings (SSSR count). The molecule has 0 atom stereocenters. The fourth-order valence-electron chi connectivity index (χ4n) is 1.44. The Morgan fingerprint density at radius 3 is 2.00 bits per heavy atom. The molecule has 0 amide bonds. The highest BCUT2D eigenvalue weighted by molar-refractivity contribution is 5.62. The van der Waals surface area contributed by atoms with Crippen LogP contribution in [-0.2, 0) is 11.3 Å². The van der Waals surface area contributed by atoms with Crippen LogP contribution in [0.2, 0.25) is 0 Å². The third-order valence-corrected chi connectivity index (χ3v) is 2.46. The van der Waals surface area contributed by atoms with Crippen molar-refractivity contribution in [2.75, 3.05) is 20.2 Å². The number of nitrogens with zero attached hydrogens (tertiary/aromatic N) is 1. The number of aliphatic carboxylic acids is 1. The summed E-state index contributed by atoms with van der Waals surface area (Å²) < 4.78 is 5.11. The number of methoxy groups -OCH3 is 1. The zero-order valence-corrected chi connectivity index (χ0v) is 11.6. The van der Waals surface area contributed by atoms with E-state index in [1.54, 1.807) is 7.11 Å². The van der Waals surface area contributed by atoms with Crippen molar-refractivity contribution < 1.29 is 14.6 Å². The summed E-state index contributed by atoms with van der Waals surface area (Å²) in [5, 5.41) is 7.42. The lowest BCUT2D eigenvalue weighted by molar-refractivity contribution is -0.134. The van der Waals surface area contributed by atoms with Crippen LogP contribution < -0.4 is 4.74 Å². The Bertz CT molecular complexity index is 327. The van der Waals surface area contributed by atoms with Crippen LogP contribution in [0.25, 0.3) is 0 Å². The van der Waals surface area contributed by atoms with E-state index in [0.29, 0.717) is 0 Å². The fraction of sp³-hybridized carbons (Fsp3) is 0.500. The normalized spacial score (nSPS) is 9.61. The van der Waals surface area contributed by atoms with Gasteiger partial charge in [-0.1, -0.05) is 26.0 Å². The van der Waals surface area contributed by atoms with E-state index in [4.69, 9.17) is 14.6 Å². The van der Waals surface area contributed by atoms with E-state index < -0.39 is 5.97 Å². The van der Waals surface area contributed by atoms with E-state index in [0.717, 1.165) is 32.3 Å². The Hall–Kier alpha value is -1.55. The van der Waals surface area contributed by atoms with Crippen molar-refractivity contribution in [1.82, 2.24) is 4.90 Å². The molecule has 0 radical (unpaired) electrons. The van der Waals surface area contributed by atoms with Crippen LogP contribution in [0, 0.1) is 0 Å². The molecule has 0 spiro atoms. The first-order valence-corrected chi connectivity index (χ1v) is 6.08. The quantitative estimate of drug-likeness (QED) is 0.876. The molecular weight excluding hydrogens is 230 g/mol. The van der Waals surface area contributed by atoms with E-state index in [9.17, 15) is 0 Å². The molecule has 1 aromatic rings. The Kier molecular flexibility index (Phi) is 8.66. The highest BCUT2D eigenvalue weighted by Gasteiger charge is 2.00. The summed E-state index contributed by atoms with van der Waals surface area (Å²) in [7, 11) is 1.69. The Balaban J connectivity index is 0.000000631. The Morgan fingerprint density at radius 1 is 1.22 bits per heavy atom. The molecule has 1 N–H and O–H groups in total. The zero-order chi connectivity index (χ0) is 14.0. The van der Waals surface area contributed by atoms with Crippen molar-refractivity contribution in [3.05, 3.63) is 29.8 Å². The molecule has 0 fully saturated rings. The highest BCUT2D eigenvalue weighted by Crippen LogP contribution is 2.12. The van der Waals surface area contributed by atoms with Gasteiger partial charge in [0.05, 0.1) is 7.11 Å². The largest absolute Gasteiger partial charge is 0.497 e. The van der Waals surface area contributed by atoms with Gasteiger partial charge in [-0.3, -0.25) is 9.69 Å². The van der Waals surface area contributed by atoms with Gasteiger partial charge in [-0.2, -0.15) is 0 Å². The van der Waals surface area contributed by atoms with Crippen LogP contribution in [0.4, 0.5) is 0 Å². The highest BCUT2D eigenvalue weighted by atomic mass is 16.5. The minimum atomic E-state index is -0.833. The van der Waals surface area contributed by atoms with Crippen LogP contribution in [0.3, 0.4) is 0 Å². The van der Waals surface area contributed by atoms with Gasteiger partial charge in [0, 0.05) is 13.5 Å². The summed E-state index contributed by atoms with van der Waals surface area (Å²) in [6, 6.07) is 8.27. The molecule has 0 unspecified atom stereocenters. The number of carboxylic acid groups (broad SMARTS) is 1. The summed E-state index contributed by atoms with van der Waals surface area (Å²) in [6.07, 6.45) is 0. The molecule has 0 aliphatic rings. The summed E-state index contributed by atoms with van der Waals surface area (Å²) in [6.45, 7) is 8.68. The second-order valence-electron chi connectivity index (χ2n) is 3.83. The number of benzene rings is 1. The maximum atomic E-state index is 9.00. The van der Waals surface area contributed by atoms with Gasteiger partial charge in [0.1, 0.15) is 5.75 Å². The summed E-state index contributed by atoms with van der Waals surface area (Å²) in [5.74, 6) is 0.0910. The van der Waals surface area contributed by atoms with Gasteiger partial charge in [0.15, 0.2) is 0 Å². The molecule has 0 aromatic heterocycles. The van der Waals surface area contributed by atoms with E-state index in [-0.39, 0.29) is 0 Å². The van der Waals surface area contributed by atoms with E-state index in [2.05, 4.69) is 30.9 Å². The molecular formula is C14H23NO3. The van der Waals surface area contributed by atoms with Crippen molar-refractivity contribution >= 4 is 5.97 Å². The van der Waals surface area contributed by atoms with Crippen molar-refractivity contribution in [3.63, 3.8) is 0 Å². The SMILES string of the molecule is CC(=O)O.CCN(CC)Cc1ccc(OC)cc1. The lowest BCUT2D eigenvalue weighted by Gasteiger charge is -2.17. The fourth-order valence-corrected chi connectivity index (χ4v) is 1.44. The average Bonchev–Trinajstić information content (AvgIpc) is 2.36. The van der Waals surface area contributed by atoms with Crippen LogP contribution >= 0.6 is 0 Å². The van der Waals surface area contributed by atoms with Crippen LogP contribution in [-0.4, -0.2) is 36.2 Å². The van der Waals surface area contributed by atoms with Crippen molar-refractivity contribution in [2.45, 2.75) is 27.3 Å². The minimum absolute atomic E-state index is 0.833. The van der Waals surface area contributed by atoms with E-state index in [1.807, 2.05) is 12.1 Å². The molecule has 4 nitrogen and oxygen atoms in total. The Morgan fingerprint density at radius 2 is 1.67 bits per heavy atom. The maximum Gasteiger partial charge on any atom is 0.300 e. The predicted octanol–water partition coefficient (Wildman–Crippen LogP) is 2.63. The number of hydrogen-bond donors (Lipinski definition) is 1. The summed E-state index contributed by atoms with van der Waals surface area (Å²) in [5.41, 5.74) is 1.34. The Labute approximate surface area is 109 Å². The lowest BCUT2D eigenvalue weighted by atomic mass is 10.2. The second-order valence-corrected chi connectivity index (χ2v) is 3.83. The van der Waals surface area contributed by atoms with Gasteiger partial charge in [0.25, 0.3) is 5.97 Å². The van der Waals surface area contributed by atoms with E-state index in [1.165, 1.54) is 5.56 Å². The van der Waals surface area contributed by atoms with Gasteiger partial charge >= 0.3 is 0 Å². The monoisotopic (exact) mass is 253 g/mol. The zero-order valence-electron chi connectivity index (χ0n) is 11.6. The molecule has 0 bridgehead atoms. The number of carbonyl (C=O) groups is 1. The molecule has 1 aromatic carbocycles. The van der Waals surface area contributed by atoms with Crippen LogP contribution in [0.5, 0.6) is 5.75 Å². The molecule has 4 heteroatoms. The predicted molar refractivity (Wildman–Crippen MR) is 72.9 cm³/mol. The first kappa shape index (κ1) is 16.4. The third-order valence-electron chi connectivity index (χ3n) is 2.46. The lowest BCUT2D eigenvalue weighted by Crippen LogP contribution is -2.21. The van der Waals surface area contributed by atoms with Crippen molar-refractivity contribution in [1.29, 1.82) is 0 Å². The standard InChI is InChI=1S/C12H19NO.C2H4O2/c1-4-13(5-2)10-11-6-8-12(14-3)9-7-11;1-2(3)4/h6-9H,4-5,10H2,1-3H3;1H3,(H,3,4). The summed E-state index contributed by atoms with van der Waals surface area (Å²) >= 11 is 0. The first-order valence-electron chi connectivity index (χ1n) is 6.08. The number of carboxylic acids is 1. The molecule has 0 saturated carbocycles. The molecule has 0 heterocycles. The number of rotatable bonds is 5. The topological polar surface area (TPSA) is 49.8 Å².